The van der Waals surface area contributed by atoms with Crippen molar-refractivity contribution in [3.63, 3.8) is 0 Å². The first-order valence-corrected chi connectivity index (χ1v) is 9.17. The van der Waals surface area contributed by atoms with Crippen LogP contribution in [-0.2, 0) is 6.54 Å². The summed E-state index contributed by atoms with van der Waals surface area (Å²) >= 11 is 1.67. The van der Waals surface area contributed by atoms with Crippen LogP contribution in [0.4, 0.5) is 0 Å². The van der Waals surface area contributed by atoms with E-state index in [1.54, 1.807) is 11.3 Å². The van der Waals surface area contributed by atoms with Crippen LogP contribution in [0.5, 0.6) is 0 Å². The molecular formula is C19H21N3OS. The summed E-state index contributed by atoms with van der Waals surface area (Å²) in [6, 6.07) is 14.8. The third-order valence-corrected chi connectivity index (χ3v) is 5.61. The normalized spacial score (nSPS) is 21.4. The lowest BCUT2D eigenvalue weighted by Crippen LogP contribution is -2.23. The van der Waals surface area contributed by atoms with Crippen LogP contribution in [0.15, 0.2) is 58.5 Å². The van der Waals surface area contributed by atoms with Gasteiger partial charge in [0.1, 0.15) is 0 Å². The second-order valence-corrected chi connectivity index (χ2v) is 7.25. The number of nitrogens with zero attached hydrogens (tertiary/aromatic N) is 2. The summed E-state index contributed by atoms with van der Waals surface area (Å²) in [5, 5.41) is 2.05. The maximum Gasteiger partial charge on any atom is 0.209 e. The van der Waals surface area contributed by atoms with E-state index in [0.717, 1.165) is 36.2 Å². The minimum Gasteiger partial charge on any atom is -0.438 e. The second-order valence-electron chi connectivity index (χ2n) is 6.30. The highest BCUT2D eigenvalue weighted by molar-refractivity contribution is 7.13. The molecule has 4 rings (SSSR count). The van der Waals surface area contributed by atoms with Crippen LogP contribution in [0.1, 0.15) is 17.4 Å². The molecule has 0 radical (unpaired) electrons. The van der Waals surface area contributed by atoms with E-state index in [-0.39, 0.29) is 0 Å². The molecule has 2 N–H and O–H groups in total. The molecule has 3 heterocycles. The fourth-order valence-electron chi connectivity index (χ4n) is 3.51. The predicted octanol–water partition coefficient (Wildman–Crippen LogP) is 3.58. The summed E-state index contributed by atoms with van der Waals surface area (Å²) in [6.07, 6.45) is 1.83. The number of oxazole rings is 1. The molecule has 2 atom stereocenters. The average molecular weight is 339 g/mol. The van der Waals surface area contributed by atoms with Crippen molar-refractivity contribution in [3.8, 4) is 10.6 Å². The maximum absolute atomic E-state index is 6.02. The Labute approximate surface area is 145 Å². The largest absolute Gasteiger partial charge is 0.438 e. The Hall–Kier alpha value is -1.95. The van der Waals surface area contributed by atoms with Gasteiger partial charge in [0.15, 0.2) is 5.76 Å². The lowest BCUT2D eigenvalue weighted by Gasteiger charge is -2.16. The van der Waals surface area contributed by atoms with Crippen molar-refractivity contribution >= 4 is 11.3 Å². The van der Waals surface area contributed by atoms with Crippen molar-refractivity contribution in [1.29, 1.82) is 0 Å². The Morgan fingerprint density at radius 1 is 1.17 bits per heavy atom. The molecule has 24 heavy (non-hydrogen) atoms. The lowest BCUT2D eigenvalue weighted by molar-refractivity contribution is 0.282. The minimum atomic E-state index is 0.485. The van der Waals surface area contributed by atoms with Crippen LogP contribution in [0.25, 0.3) is 10.6 Å². The average Bonchev–Trinajstić information content (AvgIpc) is 3.36. The first-order chi connectivity index (χ1) is 11.8. The van der Waals surface area contributed by atoms with Gasteiger partial charge < -0.3 is 10.2 Å². The van der Waals surface area contributed by atoms with E-state index < -0.39 is 0 Å². The summed E-state index contributed by atoms with van der Waals surface area (Å²) in [5.41, 5.74) is 7.40. The molecule has 1 aliphatic rings. The number of nitrogens with two attached hydrogens (primary N) is 1. The molecule has 1 aliphatic heterocycles. The van der Waals surface area contributed by atoms with Crippen LogP contribution in [0.2, 0.25) is 0 Å². The van der Waals surface area contributed by atoms with Crippen LogP contribution >= 0.6 is 11.3 Å². The number of aromatic nitrogens is 1. The van der Waals surface area contributed by atoms with Crippen LogP contribution in [-0.4, -0.2) is 29.5 Å². The van der Waals surface area contributed by atoms with E-state index in [1.807, 2.05) is 17.6 Å². The van der Waals surface area contributed by atoms with Crippen LogP contribution < -0.4 is 5.73 Å². The highest BCUT2D eigenvalue weighted by Crippen LogP contribution is 2.33. The minimum absolute atomic E-state index is 0.485. The van der Waals surface area contributed by atoms with Crippen molar-refractivity contribution in [1.82, 2.24) is 9.88 Å². The molecule has 0 bridgehead atoms. The lowest BCUT2D eigenvalue weighted by atomic mass is 9.89. The van der Waals surface area contributed by atoms with E-state index in [9.17, 15) is 0 Å². The van der Waals surface area contributed by atoms with E-state index in [0.29, 0.717) is 18.4 Å². The predicted molar refractivity (Wildman–Crippen MR) is 96.8 cm³/mol. The Morgan fingerprint density at radius 2 is 2.04 bits per heavy atom. The van der Waals surface area contributed by atoms with Gasteiger partial charge in [0.25, 0.3) is 0 Å². The van der Waals surface area contributed by atoms with E-state index in [1.165, 1.54) is 5.56 Å². The third kappa shape index (κ3) is 3.15. The Balaban J connectivity index is 1.46. The fraction of sp³-hybridized carbons (Fsp3) is 0.316. The molecule has 124 valence electrons. The van der Waals surface area contributed by atoms with Crippen LogP contribution in [0.3, 0.4) is 0 Å². The van der Waals surface area contributed by atoms with E-state index >= 15 is 0 Å². The van der Waals surface area contributed by atoms with Gasteiger partial charge in [0.2, 0.25) is 5.89 Å². The molecule has 2 aromatic heterocycles. The van der Waals surface area contributed by atoms with Crippen molar-refractivity contribution < 1.29 is 4.42 Å². The monoisotopic (exact) mass is 339 g/mol. The molecule has 0 spiro atoms. The number of likely N-dealkylation sites (tertiary alicyclic amines) is 1. The summed E-state index contributed by atoms with van der Waals surface area (Å²) in [4.78, 5) is 7.98. The maximum atomic E-state index is 6.02. The quantitative estimate of drug-likeness (QED) is 0.772. The fourth-order valence-corrected chi connectivity index (χ4v) is 4.19. The number of benzene rings is 1. The van der Waals surface area contributed by atoms with Crippen molar-refractivity contribution in [2.24, 2.45) is 11.7 Å². The first kappa shape index (κ1) is 15.6. The number of hydrogen-bond acceptors (Lipinski definition) is 5. The zero-order valence-electron chi connectivity index (χ0n) is 13.5. The van der Waals surface area contributed by atoms with Gasteiger partial charge in [0, 0.05) is 19.0 Å². The van der Waals surface area contributed by atoms with Gasteiger partial charge in [-0.2, -0.15) is 0 Å². The number of rotatable bonds is 5. The molecular weight excluding hydrogens is 318 g/mol. The van der Waals surface area contributed by atoms with Crippen molar-refractivity contribution in [3.05, 3.63) is 65.5 Å². The topological polar surface area (TPSA) is 55.3 Å². The zero-order chi connectivity index (χ0) is 16.4. The molecule has 0 aliphatic carbocycles. The van der Waals surface area contributed by atoms with Crippen LogP contribution in [0, 0.1) is 5.92 Å². The van der Waals surface area contributed by atoms with E-state index in [2.05, 4.69) is 46.3 Å². The van der Waals surface area contributed by atoms with Gasteiger partial charge in [-0.05, 0) is 29.5 Å². The molecule has 5 heteroatoms. The standard InChI is InChI=1S/C19H21N3OS/c20-9-15-11-22(12-16(15)14-5-2-1-3-6-14)13-19-21-10-17(23-19)18-7-4-8-24-18/h1-8,10,15-16H,9,11-13,20H2/t15-,16+/m1/s1. The SMILES string of the molecule is NC[C@@H]1CN(Cc2ncc(-c3cccs3)o2)C[C@H]1c1ccccc1. The molecule has 1 saturated heterocycles. The summed E-state index contributed by atoms with van der Waals surface area (Å²) < 4.78 is 5.93. The zero-order valence-corrected chi connectivity index (χ0v) is 14.3. The molecule has 1 aromatic carbocycles. The van der Waals surface area contributed by atoms with Gasteiger partial charge in [0.05, 0.1) is 17.6 Å². The van der Waals surface area contributed by atoms with Gasteiger partial charge in [-0.3, -0.25) is 4.90 Å². The first-order valence-electron chi connectivity index (χ1n) is 8.29. The molecule has 0 unspecified atom stereocenters. The molecule has 0 saturated carbocycles. The van der Waals surface area contributed by atoms with Crippen molar-refractivity contribution in [2.75, 3.05) is 19.6 Å². The molecule has 4 nitrogen and oxygen atoms in total. The summed E-state index contributed by atoms with van der Waals surface area (Å²) in [6.45, 7) is 3.45. The Kier molecular flexibility index (Phi) is 4.47. The van der Waals surface area contributed by atoms with E-state index in [4.69, 9.17) is 10.2 Å². The van der Waals surface area contributed by atoms with Crippen molar-refractivity contribution in [2.45, 2.75) is 12.5 Å². The number of hydrogen-bond donors (Lipinski definition) is 1. The Bertz CT molecular complexity index is 769. The smallest absolute Gasteiger partial charge is 0.209 e. The van der Waals surface area contributed by atoms with Gasteiger partial charge in [-0.25, -0.2) is 4.98 Å². The highest BCUT2D eigenvalue weighted by Gasteiger charge is 2.33. The molecule has 3 aromatic rings. The summed E-state index contributed by atoms with van der Waals surface area (Å²) in [7, 11) is 0. The van der Waals surface area contributed by atoms with Gasteiger partial charge in [-0.15, -0.1) is 11.3 Å². The number of thiophene rings is 1. The third-order valence-electron chi connectivity index (χ3n) is 4.72. The van der Waals surface area contributed by atoms with Gasteiger partial charge >= 0.3 is 0 Å². The summed E-state index contributed by atoms with van der Waals surface area (Å²) in [5.74, 6) is 2.61. The van der Waals surface area contributed by atoms with Gasteiger partial charge in [-0.1, -0.05) is 36.4 Å². The molecule has 1 fully saturated rings. The molecule has 0 amide bonds. The Morgan fingerprint density at radius 3 is 2.79 bits per heavy atom. The highest BCUT2D eigenvalue weighted by atomic mass is 32.1. The second kappa shape index (κ2) is 6.89.